The van der Waals surface area contributed by atoms with Crippen molar-refractivity contribution in [2.45, 2.75) is 51.0 Å². The zero-order chi connectivity index (χ0) is 28.8. The first-order chi connectivity index (χ1) is 19.0. The molecule has 1 aromatic carbocycles. The van der Waals surface area contributed by atoms with Gasteiger partial charge < -0.3 is 20.5 Å². The van der Waals surface area contributed by atoms with Gasteiger partial charge in [-0.1, -0.05) is 6.07 Å². The summed E-state index contributed by atoms with van der Waals surface area (Å²) in [5, 5.41) is 3.19. The summed E-state index contributed by atoms with van der Waals surface area (Å²) in [4.78, 5) is 41.2. The number of carbonyl (C=O) groups excluding carboxylic acids is 2. The number of pyridine rings is 1. The van der Waals surface area contributed by atoms with Crippen LogP contribution in [0.25, 0.3) is 21.9 Å². The van der Waals surface area contributed by atoms with Crippen molar-refractivity contribution in [2.75, 3.05) is 11.1 Å². The highest BCUT2D eigenvalue weighted by molar-refractivity contribution is 9.10. The first-order valence-corrected chi connectivity index (χ1v) is 13.1. The molecule has 0 aliphatic carbocycles. The molecule has 1 aliphatic heterocycles. The Morgan fingerprint density at radius 1 is 1.23 bits per heavy atom. The van der Waals surface area contributed by atoms with Gasteiger partial charge in [0.1, 0.15) is 40.8 Å². The molecule has 9 nitrogen and oxygen atoms in total. The lowest BCUT2D eigenvalue weighted by Gasteiger charge is -2.29. The molecular weight excluding hydrogens is 591 g/mol. The van der Waals surface area contributed by atoms with E-state index in [1.807, 2.05) is 0 Å². The Labute approximate surface area is 235 Å². The Bertz CT molecular complexity index is 1700. The van der Waals surface area contributed by atoms with Crippen LogP contribution < -0.4 is 11.1 Å². The smallest absolute Gasteiger partial charge is 0.383 e. The highest BCUT2D eigenvalue weighted by atomic mass is 79.9. The molecule has 3 aromatic heterocycles. The highest BCUT2D eigenvalue weighted by Crippen LogP contribution is 2.37. The number of nitrogens with one attached hydrogen (secondary N) is 1. The molecule has 2 amide bonds. The Balaban J connectivity index is 1.52. The molecule has 13 heteroatoms. The summed E-state index contributed by atoms with van der Waals surface area (Å²) < 4.78 is 42.5. The zero-order valence-corrected chi connectivity index (χ0v) is 22.8. The van der Waals surface area contributed by atoms with Gasteiger partial charge >= 0.3 is 6.18 Å². The normalized spacial score (nSPS) is 17.4. The number of carbonyl (C=O) groups is 2. The van der Waals surface area contributed by atoms with E-state index in [0.717, 1.165) is 17.7 Å². The first-order valence-electron chi connectivity index (χ1n) is 12.3. The maximum absolute atomic E-state index is 13.9. The van der Waals surface area contributed by atoms with Crippen LogP contribution in [-0.4, -0.2) is 48.3 Å². The molecule has 206 valence electrons. The number of anilines is 2. The Morgan fingerprint density at radius 3 is 2.73 bits per heavy atom. The van der Waals surface area contributed by atoms with Crippen molar-refractivity contribution in [1.82, 2.24) is 24.4 Å². The van der Waals surface area contributed by atoms with E-state index < -0.39 is 35.6 Å². The third-order valence-electron chi connectivity index (χ3n) is 7.04. The standard InChI is InChI=1S/C27H23BrF3N7O2/c1-3-4-16-7-9-19(26(40)36-24-14(2)5-10-20(28)35-24)38(16)21(39)12-37-18-8-6-15(27(29,30)31)11-17(18)22-23(32)33-13-34-25(22)37/h1,5-6,8,10-11,13,16,19H,4,7,9,12H2,2H3,(H2,32,33,34)(H,35,36,40)/t16-,19+/m1/s1. The minimum absolute atomic E-state index is 0.0129. The van der Waals surface area contributed by atoms with E-state index in [2.05, 4.69) is 42.1 Å². The van der Waals surface area contributed by atoms with Crippen LogP contribution in [0.1, 0.15) is 30.4 Å². The molecule has 1 fully saturated rings. The predicted octanol–water partition coefficient (Wildman–Crippen LogP) is 4.67. The van der Waals surface area contributed by atoms with Crippen LogP contribution in [0.15, 0.2) is 41.3 Å². The van der Waals surface area contributed by atoms with Gasteiger partial charge in [0.2, 0.25) is 11.8 Å². The van der Waals surface area contributed by atoms with Crippen molar-refractivity contribution >= 4 is 61.3 Å². The second-order valence-electron chi connectivity index (χ2n) is 9.52. The number of aryl methyl sites for hydroxylation is 1. The fraction of sp³-hybridized carbons (Fsp3) is 0.296. The van der Waals surface area contributed by atoms with Crippen LogP contribution in [0, 0.1) is 19.3 Å². The molecular formula is C27H23BrF3N7O2. The number of hydrogen-bond acceptors (Lipinski definition) is 6. The van der Waals surface area contributed by atoms with Gasteiger partial charge in [0.05, 0.1) is 16.5 Å². The topological polar surface area (TPSA) is 119 Å². The second-order valence-corrected chi connectivity index (χ2v) is 10.3. The third kappa shape index (κ3) is 4.95. The van der Waals surface area contributed by atoms with Gasteiger partial charge in [0.15, 0.2) is 0 Å². The first kappa shape index (κ1) is 27.4. The number of rotatable bonds is 5. The van der Waals surface area contributed by atoms with Crippen LogP contribution in [-0.2, 0) is 22.3 Å². The molecule has 0 radical (unpaired) electrons. The molecule has 0 bridgehead atoms. The Hall–Kier alpha value is -4.18. The van der Waals surface area contributed by atoms with Crippen molar-refractivity contribution in [3.63, 3.8) is 0 Å². The quantitative estimate of drug-likeness (QED) is 0.249. The number of amides is 2. The summed E-state index contributed by atoms with van der Waals surface area (Å²) in [6.07, 6.45) is 3.30. The van der Waals surface area contributed by atoms with Crippen LogP contribution in [0.4, 0.5) is 24.8 Å². The summed E-state index contributed by atoms with van der Waals surface area (Å²) in [5.74, 6) is 2.07. The van der Waals surface area contributed by atoms with Gasteiger partial charge in [0.25, 0.3) is 0 Å². The summed E-state index contributed by atoms with van der Waals surface area (Å²) >= 11 is 3.29. The number of benzene rings is 1. The average molecular weight is 614 g/mol. The lowest BCUT2D eigenvalue weighted by molar-refractivity contribution is -0.139. The minimum Gasteiger partial charge on any atom is -0.383 e. The number of halogens is 4. The zero-order valence-electron chi connectivity index (χ0n) is 21.2. The number of likely N-dealkylation sites (tertiary alicyclic amines) is 1. The van der Waals surface area contributed by atoms with Crippen LogP contribution in [0.2, 0.25) is 0 Å². The lowest BCUT2D eigenvalue weighted by Crippen LogP contribution is -2.48. The predicted molar refractivity (Wildman–Crippen MR) is 147 cm³/mol. The number of alkyl halides is 3. The maximum atomic E-state index is 13.9. The number of aromatic nitrogens is 4. The van der Waals surface area contributed by atoms with E-state index in [-0.39, 0.29) is 35.2 Å². The van der Waals surface area contributed by atoms with Crippen molar-refractivity contribution in [2.24, 2.45) is 0 Å². The number of nitrogen functional groups attached to an aromatic ring is 1. The van der Waals surface area contributed by atoms with Gasteiger partial charge in [0, 0.05) is 17.8 Å². The summed E-state index contributed by atoms with van der Waals surface area (Å²) in [5.41, 5.74) is 6.45. The molecule has 4 heterocycles. The molecule has 3 N–H and O–H groups in total. The van der Waals surface area contributed by atoms with Gasteiger partial charge in [-0.25, -0.2) is 15.0 Å². The Kier molecular flexibility index (Phi) is 7.14. The molecule has 1 saturated heterocycles. The Morgan fingerprint density at radius 2 is 2.00 bits per heavy atom. The van der Waals surface area contributed by atoms with Gasteiger partial charge in [-0.2, -0.15) is 13.2 Å². The molecule has 5 rings (SSSR count). The van der Waals surface area contributed by atoms with E-state index in [9.17, 15) is 22.8 Å². The number of nitrogens with zero attached hydrogens (tertiary/aromatic N) is 5. The molecule has 40 heavy (non-hydrogen) atoms. The van der Waals surface area contributed by atoms with Crippen molar-refractivity contribution in [3.05, 3.63) is 52.4 Å². The molecule has 2 atom stereocenters. The van der Waals surface area contributed by atoms with Crippen LogP contribution >= 0.6 is 15.9 Å². The van der Waals surface area contributed by atoms with Crippen molar-refractivity contribution in [1.29, 1.82) is 0 Å². The number of nitrogens with two attached hydrogens (primary N) is 1. The SMILES string of the molecule is C#CC[C@@H]1CC[C@@H](C(=O)Nc2nc(Br)ccc2C)N1C(=O)Cn1c2ccc(C(F)(F)F)cc2c2c(N)ncnc21. The number of hydrogen-bond donors (Lipinski definition) is 2. The average Bonchev–Trinajstić information content (AvgIpc) is 3.46. The van der Waals surface area contributed by atoms with E-state index in [1.54, 1.807) is 19.1 Å². The molecule has 1 aliphatic rings. The molecule has 0 saturated carbocycles. The maximum Gasteiger partial charge on any atom is 0.416 e. The fourth-order valence-electron chi connectivity index (χ4n) is 5.18. The molecule has 0 spiro atoms. The van der Waals surface area contributed by atoms with Crippen LogP contribution in [0.3, 0.4) is 0 Å². The minimum atomic E-state index is -4.58. The molecule has 4 aromatic rings. The van der Waals surface area contributed by atoms with E-state index in [0.29, 0.717) is 28.8 Å². The monoisotopic (exact) mass is 613 g/mol. The van der Waals surface area contributed by atoms with Crippen LogP contribution in [0.5, 0.6) is 0 Å². The van der Waals surface area contributed by atoms with E-state index >= 15 is 0 Å². The largest absolute Gasteiger partial charge is 0.416 e. The number of terminal acetylenes is 1. The molecule has 0 unspecified atom stereocenters. The summed E-state index contributed by atoms with van der Waals surface area (Å²) in [7, 11) is 0. The fourth-order valence-corrected chi connectivity index (χ4v) is 5.49. The van der Waals surface area contributed by atoms with Crippen molar-refractivity contribution in [3.8, 4) is 12.3 Å². The van der Waals surface area contributed by atoms with E-state index in [4.69, 9.17) is 12.2 Å². The highest BCUT2D eigenvalue weighted by Gasteiger charge is 2.41. The summed E-state index contributed by atoms with van der Waals surface area (Å²) in [6.45, 7) is 1.49. The van der Waals surface area contributed by atoms with Gasteiger partial charge in [-0.15, -0.1) is 12.3 Å². The lowest BCUT2D eigenvalue weighted by atomic mass is 10.1. The van der Waals surface area contributed by atoms with Crippen molar-refractivity contribution < 1.29 is 22.8 Å². The number of fused-ring (bicyclic) bond motifs is 3. The van der Waals surface area contributed by atoms with Gasteiger partial charge in [-0.05, 0) is 65.5 Å². The van der Waals surface area contributed by atoms with E-state index in [1.165, 1.54) is 21.9 Å². The van der Waals surface area contributed by atoms with Gasteiger partial charge in [-0.3, -0.25) is 9.59 Å². The third-order valence-corrected chi connectivity index (χ3v) is 7.48. The second kappa shape index (κ2) is 10.4. The summed E-state index contributed by atoms with van der Waals surface area (Å²) in [6, 6.07) is 5.52.